The summed E-state index contributed by atoms with van der Waals surface area (Å²) in [5.74, 6) is -0.0181. The zero-order chi connectivity index (χ0) is 13.9. The highest BCUT2D eigenvalue weighted by molar-refractivity contribution is 7.12. The van der Waals surface area contributed by atoms with E-state index in [4.69, 9.17) is 0 Å². The van der Waals surface area contributed by atoms with Gasteiger partial charge in [-0.2, -0.15) is 0 Å². The van der Waals surface area contributed by atoms with E-state index in [0.29, 0.717) is 10.6 Å². The first-order chi connectivity index (χ1) is 9.75. The summed E-state index contributed by atoms with van der Waals surface area (Å²) in [6.07, 6.45) is 0. The molecule has 1 heterocycles. The van der Waals surface area contributed by atoms with Gasteiger partial charge in [0.25, 0.3) is 0 Å². The van der Waals surface area contributed by atoms with Crippen molar-refractivity contribution in [2.75, 3.05) is 0 Å². The van der Waals surface area contributed by atoms with E-state index >= 15 is 0 Å². The maximum atomic E-state index is 12.3. The van der Waals surface area contributed by atoms with Crippen molar-refractivity contribution in [3.63, 3.8) is 0 Å². The van der Waals surface area contributed by atoms with Crippen LogP contribution < -0.4 is 0 Å². The Labute approximate surface area is 121 Å². The molecular weight excluding hydrogens is 266 g/mol. The second-order valence-corrected chi connectivity index (χ2v) is 5.41. The summed E-state index contributed by atoms with van der Waals surface area (Å²) in [7, 11) is 0. The fraction of sp³-hybridized carbons (Fsp3) is 0.0588. The van der Waals surface area contributed by atoms with Gasteiger partial charge in [0.2, 0.25) is 5.78 Å². The number of aryl methyl sites for hydroxylation is 1. The van der Waals surface area contributed by atoms with E-state index in [1.165, 1.54) is 11.3 Å². The Bertz CT molecular complexity index is 746. The molecule has 0 aliphatic heterocycles. The van der Waals surface area contributed by atoms with Crippen molar-refractivity contribution < 1.29 is 4.79 Å². The predicted molar refractivity (Wildman–Crippen MR) is 82.2 cm³/mol. The summed E-state index contributed by atoms with van der Waals surface area (Å²) < 4.78 is 0. The number of carbonyl (C=O) groups excluding carboxylic acids is 1. The largest absolute Gasteiger partial charge is 0.286 e. The van der Waals surface area contributed by atoms with Gasteiger partial charge in [-0.15, -0.1) is 11.3 Å². The van der Waals surface area contributed by atoms with Crippen LogP contribution in [0.3, 0.4) is 0 Å². The summed E-state index contributed by atoms with van der Waals surface area (Å²) in [5, 5.41) is 2.48. The third kappa shape index (κ3) is 2.40. The quantitative estimate of drug-likeness (QED) is 0.667. The third-order valence-electron chi connectivity index (χ3n) is 3.16. The molecule has 0 aliphatic carbocycles. The predicted octanol–water partition coefficient (Wildman–Crippen LogP) is 4.35. The standard InChI is InChI=1S/C17H13NOS/c1-12-7-5-6-10-14(12)15-11-20-17(18-15)16(19)13-8-3-2-4-9-13/h2-11H,1H3. The van der Waals surface area contributed by atoms with Crippen LogP contribution in [0.15, 0.2) is 60.0 Å². The second kappa shape index (κ2) is 5.39. The Morgan fingerprint density at radius 2 is 1.70 bits per heavy atom. The van der Waals surface area contributed by atoms with Crippen LogP contribution in [0.5, 0.6) is 0 Å². The van der Waals surface area contributed by atoms with Crippen molar-refractivity contribution in [2.24, 2.45) is 0 Å². The molecule has 0 fully saturated rings. The molecule has 0 saturated carbocycles. The highest BCUT2D eigenvalue weighted by Gasteiger charge is 2.14. The number of nitrogens with zero attached hydrogens (tertiary/aromatic N) is 1. The van der Waals surface area contributed by atoms with E-state index in [1.807, 2.05) is 66.9 Å². The van der Waals surface area contributed by atoms with Crippen molar-refractivity contribution in [3.8, 4) is 11.3 Å². The van der Waals surface area contributed by atoms with Crippen LogP contribution in [0.4, 0.5) is 0 Å². The third-order valence-corrected chi connectivity index (χ3v) is 4.00. The van der Waals surface area contributed by atoms with E-state index in [0.717, 1.165) is 16.8 Å². The number of hydrogen-bond acceptors (Lipinski definition) is 3. The Hall–Kier alpha value is -2.26. The van der Waals surface area contributed by atoms with Gasteiger partial charge >= 0.3 is 0 Å². The number of benzene rings is 2. The molecule has 2 nitrogen and oxygen atoms in total. The van der Waals surface area contributed by atoms with Crippen LogP contribution in [-0.4, -0.2) is 10.8 Å². The Morgan fingerprint density at radius 1 is 1.00 bits per heavy atom. The van der Waals surface area contributed by atoms with Gasteiger partial charge in [-0.3, -0.25) is 4.79 Å². The normalized spacial score (nSPS) is 10.4. The molecule has 0 saturated heterocycles. The van der Waals surface area contributed by atoms with Gasteiger partial charge in [0.05, 0.1) is 5.69 Å². The average molecular weight is 279 g/mol. The van der Waals surface area contributed by atoms with E-state index in [1.54, 1.807) is 0 Å². The van der Waals surface area contributed by atoms with Gasteiger partial charge in [0.15, 0.2) is 5.01 Å². The first-order valence-electron chi connectivity index (χ1n) is 6.37. The fourth-order valence-corrected chi connectivity index (χ4v) is 2.85. The molecule has 0 bridgehead atoms. The number of hydrogen-bond donors (Lipinski definition) is 0. The van der Waals surface area contributed by atoms with Crippen LogP contribution in [0, 0.1) is 6.92 Å². The Balaban J connectivity index is 1.95. The molecule has 0 aliphatic rings. The van der Waals surface area contributed by atoms with Crippen molar-refractivity contribution in [1.82, 2.24) is 4.98 Å². The van der Waals surface area contributed by atoms with Crippen LogP contribution in [0.25, 0.3) is 11.3 Å². The lowest BCUT2D eigenvalue weighted by Gasteiger charge is -2.00. The van der Waals surface area contributed by atoms with Gasteiger partial charge in [-0.1, -0.05) is 54.6 Å². The Kier molecular flexibility index (Phi) is 3.44. The SMILES string of the molecule is Cc1ccccc1-c1csc(C(=O)c2ccccc2)n1. The fourth-order valence-electron chi connectivity index (χ4n) is 2.08. The topological polar surface area (TPSA) is 30.0 Å². The highest BCUT2D eigenvalue weighted by Crippen LogP contribution is 2.25. The number of carbonyl (C=O) groups is 1. The van der Waals surface area contributed by atoms with Crippen LogP contribution in [0.2, 0.25) is 0 Å². The minimum Gasteiger partial charge on any atom is -0.286 e. The number of aromatic nitrogens is 1. The summed E-state index contributed by atoms with van der Waals surface area (Å²) in [4.78, 5) is 16.8. The van der Waals surface area contributed by atoms with Crippen molar-refractivity contribution in [3.05, 3.63) is 76.1 Å². The number of thiazole rings is 1. The van der Waals surface area contributed by atoms with Crippen LogP contribution >= 0.6 is 11.3 Å². The van der Waals surface area contributed by atoms with E-state index < -0.39 is 0 Å². The van der Waals surface area contributed by atoms with E-state index in [-0.39, 0.29) is 5.78 Å². The summed E-state index contributed by atoms with van der Waals surface area (Å²) in [5.41, 5.74) is 3.79. The number of rotatable bonds is 3. The molecule has 0 atom stereocenters. The molecule has 0 N–H and O–H groups in total. The Morgan fingerprint density at radius 3 is 2.45 bits per heavy atom. The summed E-state index contributed by atoms with van der Waals surface area (Å²) >= 11 is 1.40. The molecule has 0 unspecified atom stereocenters. The zero-order valence-corrected chi connectivity index (χ0v) is 11.9. The first kappa shape index (κ1) is 12.8. The highest BCUT2D eigenvalue weighted by atomic mass is 32.1. The maximum absolute atomic E-state index is 12.3. The average Bonchev–Trinajstić information content (AvgIpc) is 2.97. The first-order valence-corrected chi connectivity index (χ1v) is 7.25. The van der Waals surface area contributed by atoms with E-state index in [2.05, 4.69) is 4.98 Å². The molecule has 1 aromatic heterocycles. The van der Waals surface area contributed by atoms with Crippen molar-refractivity contribution in [2.45, 2.75) is 6.92 Å². The minimum absolute atomic E-state index is 0.0181. The molecule has 0 spiro atoms. The maximum Gasteiger partial charge on any atom is 0.221 e. The van der Waals surface area contributed by atoms with Crippen molar-refractivity contribution in [1.29, 1.82) is 0 Å². The molecule has 3 aromatic rings. The van der Waals surface area contributed by atoms with Gasteiger partial charge in [0, 0.05) is 16.5 Å². The minimum atomic E-state index is -0.0181. The molecule has 3 rings (SSSR count). The van der Waals surface area contributed by atoms with Gasteiger partial charge < -0.3 is 0 Å². The number of ketones is 1. The van der Waals surface area contributed by atoms with Gasteiger partial charge in [-0.25, -0.2) is 4.98 Å². The molecule has 2 aromatic carbocycles. The lowest BCUT2D eigenvalue weighted by molar-refractivity contribution is 0.103. The molecule has 0 radical (unpaired) electrons. The van der Waals surface area contributed by atoms with Crippen LogP contribution in [-0.2, 0) is 0 Å². The smallest absolute Gasteiger partial charge is 0.221 e. The summed E-state index contributed by atoms with van der Waals surface area (Å²) in [6.45, 7) is 2.05. The monoisotopic (exact) mass is 279 g/mol. The van der Waals surface area contributed by atoms with Gasteiger partial charge in [0.1, 0.15) is 0 Å². The lowest BCUT2D eigenvalue weighted by Crippen LogP contribution is -2.00. The lowest BCUT2D eigenvalue weighted by atomic mass is 10.1. The van der Waals surface area contributed by atoms with E-state index in [9.17, 15) is 4.79 Å². The van der Waals surface area contributed by atoms with Crippen LogP contribution in [0.1, 0.15) is 20.9 Å². The van der Waals surface area contributed by atoms with Crippen molar-refractivity contribution >= 4 is 17.1 Å². The molecule has 98 valence electrons. The molecular formula is C17H13NOS. The van der Waals surface area contributed by atoms with Gasteiger partial charge in [-0.05, 0) is 12.5 Å². The second-order valence-electron chi connectivity index (χ2n) is 4.55. The summed E-state index contributed by atoms with van der Waals surface area (Å²) in [6, 6.07) is 17.3. The molecule has 20 heavy (non-hydrogen) atoms. The zero-order valence-electron chi connectivity index (χ0n) is 11.0. The molecule has 3 heteroatoms. The molecule has 0 amide bonds.